The number of hydrogen-bond donors (Lipinski definition) is 3. The van der Waals surface area contributed by atoms with Crippen LogP contribution in [-0.2, 0) is 0 Å². The summed E-state index contributed by atoms with van der Waals surface area (Å²) in [5.41, 5.74) is 0. The summed E-state index contributed by atoms with van der Waals surface area (Å²) in [6, 6.07) is 0. The van der Waals surface area contributed by atoms with Gasteiger partial charge in [0.15, 0.2) is 8.38 Å². The molecule has 0 heterocycles. The van der Waals surface area contributed by atoms with E-state index in [-0.39, 0.29) is 0 Å². The standard InChI is InChI=1S/C8H19O3P/c1-3-4-5-6-7-8(2,9)12(10)11/h9-11H,3-7H2,1-2H3. The van der Waals surface area contributed by atoms with Crippen LogP contribution in [0, 0.1) is 0 Å². The molecule has 0 aliphatic rings. The molecule has 0 radical (unpaired) electrons. The third-order valence-corrected chi connectivity index (χ3v) is 3.02. The first-order chi connectivity index (χ1) is 5.50. The number of aliphatic hydroxyl groups is 1. The van der Waals surface area contributed by atoms with E-state index in [9.17, 15) is 5.11 Å². The Morgan fingerprint density at radius 2 is 1.75 bits per heavy atom. The Kier molecular flexibility index (Phi) is 6.02. The van der Waals surface area contributed by atoms with Gasteiger partial charge in [0.2, 0.25) is 0 Å². The largest absolute Gasteiger partial charge is 0.381 e. The summed E-state index contributed by atoms with van der Waals surface area (Å²) < 4.78 is 0. The first kappa shape index (κ1) is 12.3. The Morgan fingerprint density at radius 1 is 1.17 bits per heavy atom. The van der Waals surface area contributed by atoms with Gasteiger partial charge in [0, 0.05) is 0 Å². The van der Waals surface area contributed by atoms with Crippen molar-refractivity contribution >= 4 is 8.38 Å². The monoisotopic (exact) mass is 194 g/mol. The summed E-state index contributed by atoms with van der Waals surface area (Å²) in [5, 5.41) is 8.15. The molecule has 0 spiro atoms. The Balaban J connectivity index is 3.47. The first-order valence-electron chi connectivity index (χ1n) is 4.41. The SMILES string of the molecule is CCCCCCC(C)(O)P(O)O. The zero-order chi connectivity index (χ0) is 9.61. The second kappa shape index (κ2) is 5.87. The molecule has 3 nitrogen and oxygen atoms in total. The van der Waals surface area contributed by atoms with E-state index in [2.05, 4.69) is 6.92 Å². The first-order valence-corrected chi connectivity index (χ1v) is 5.66. The van der Waals surface area contributed by atoms with Crippen LogP contribution in [-0.4, -0.2) is 20.2 Å². The van der Waals surface area contributed by atoms with Crippen molar-refractivity contribution in [3.63, 3.8) is 0 Å². The highest BCUT2D eigenvalue weighted by atomic mass is 31.2. The van der Waals surface area contributed by atoms with Gasteiger partial charge in [0.05, 0.1) is 0 Å². The molecule has 0 aromatic heterocycles. The van der Waals surface area contributed by atoms with Crippen molar-refractivity contribution in [2.24, 2.45) is 0 Å². The van der Waals surface area contributed by atoms with Crippen LogP contribution in [0.5, 0.6) is 0 Å². The number of unbranched alkanes of at least 4 members (excludes halogenated alkanes) is 3. The summed E-state index contributed by atoms with van der Waals surface area (Å²) in [6.07, 6.45) is 4.68. The Bertz CT molecular complexity index is 115. The predicted octanol–water partition coefficient (Wildman–Crippen LogP) is 1.96. The highest BCUT2D eigenvalue weighted by Crippen LogP contribution is 2.42. The molecule has 0 aromatic carbocycles. The van der Waals surface area contributed by atoms with Crippen LogP contribution in [0.15, 0.2) is 0 Å². The molecule has 0 bridgehead atoms. The van der Waals surface area contributed by atoms with Crippen molar-refractivity contribution in [1.82, 2.24) is 0 Å². The molecule has 0 amide bonds. The van der Waals surface area contributed by atoms with E-state index in [1.54, 1.807) is 0 Å². The van der Waals surface area contributed by atoms with Gasteiger partial charge in [0.1, 0.15) is 5.34 Å². The van der Waals surface area contributed by atoms with Gasteiger partial charge in [-0.05, 0) is 13.3 Å². The number of hydrogen-bond acceptors (Lipinski definition) is 3. The quantitative estimate of drug-likeness (QED) is 0.447. The lowest BCUT2D eigenvalue weighted by Crippen LogP contribution is -2.20. The van der Waals surface area contributed by atoms with E-state index in [1.165, 1.54) is 6.92 Å². The molecular weight excluding hydrogens is 175 g/mol. The third-order valence-electron chi connectivity index (χ3n) is 1.93. The van der Waals surface area contributed by atoms with E-state index in [0.717, 1.165) is 25.7 Å². The molecule has 0 saturated carbocycles. The van der Waals surface area contributed by atoms with Gasteiger partial charge >= 0.3 is 0 Å². The summed E-state index contributed by atoms with van der Waals surface area (Å²) in [6.45, 7) is 3.59. The summed E-state index contributed by atoms with van der Waals surface area (Å²) in [4.78, 5) is 17.6. The van der Waals surface area contributed by atoms with Gasteiger partial charge in [-0.25, -0.2) is 0 Å². The smallest absolute Gasteiger partial charge is 0.198 e. The van der Waals surface area contributed by atoms with Crippen molar-refractivity contribution < 1.29 is 14.9 Å². The molecule has 74 valence electrons. The van der Waals surface area contributed by atoms with E-state index in [4.69, 9.17) is 9.79 Å². The Labute approximate surface area is 75.3 Å². The Hall–Kier alpha value is 0.310. The minimum Gasteiger partial charge on any atom is -0.381 e. The molecule has 12 heavy (non-hydrogen) atoms. The zero-order valence-electron chi connectivity index (χ0n) is 7.82. The zero-order valence-corrected chi connectivity index (χ0v) is 8.72. The van der Waals surface area contributed by atoms with Crippen molar-refractivity contribution in [3.05, 3.63) is 0 Å². The van der Waals surface area contributed by atoms with Crippen LogP contribution in [0.2, 0.25) is 0 Å². The van der Waals surface area contributed by atoms with Crippen molar-refractivity contribution in [3.8, 4) is 0 Å². The maximum atomic E-state index is 9.42. The van der Waals surface area contributed by atoms with Crippen molar-refractivity contribution in [2.75, 3.05) is 0 Å². The van der Waals surface area contributed by atoms with Crippen LogP contribution in [0.3, 0.4) is 0 Å². The lowest BCUT2D eigenvalue weighted by molar-refractivity contribution is 0.114. The normalized spacial score (nSPS) is 16.5. The molecular formula is C8H19O3P. The molecule has 0 saturated heterocycles. The fourth-order valence-corrected chi connectivity index (χ4v) is 1.34. The van der Waals surface area contributed by atoms with Gasteiger partial charge in [-0.3, -0.25) is 0 Å². The molecule has 1 unspecified atom stereocenters. The molecule has 1 atom stereocenters. The lowest BCUT2D eigenvalue weighted by atomic mass is 10.1. The average molecular weight is 194 g/mol. The minimum absolute atomic E-state index is 0.478. The number of rotatable bonds is 6. The van der Waals surface area contributed by atoms with Gasteiger partial charge in [-0.15, -0.1) is 0 Å². The van der Waals surface area contributed by atoms with E-state index < -0.39 is 13.7 Å². The second-order valence-electron chi connectivity index (χ2n) is 3.32. The predicted molar refractivity (Wildman–Crippen MR) is 50.7 cm³/mol. The lowest BCUT2D eigenvalue weighted by Gasteiger charge is -2.23. The third kappa shape index (κ3) is 5.04. The molecule has 0 fully saturated rings. The van der Waals surface area contributed by atoms with Crippen LogP contribution in [0.1, 0.15) is 46.0 Å². The Morgan fingerprint density at radius 3 is 2.17 bits per heavy atom. The van der Waals surface area contributed by atoms with Crippen molar-refractivity contribution in [2.45, 2.75) is 51.3 Å². The van der Waals surface area contributed by atoms with Crippen LogP contribution in [0.4, 0.5) is 0 Å². The van der Waals surface area contributed by atoms with Crippen LogP contribution >= 0.6 is 8.38 Å². The summed E-state index contributed by atoms with van der Waals surface area (Å²) in [5.74, 6) is 0. The average Bonchev–Trinajstić information content (AvgIpc) is 1.98. The van der Waals surface area contributed by atoms with Crippen LogP contribution < -0.4 is 0 Å². The van der Waals surface area contributed by atoms with E-state index in [0.29, 0.717) is 6.42 Å². The fourth-order valence-electron chi connectivity index (χ4n) is 0.987. The van der Waals surface area contributed by atoms with Gasteiger partial charge in [-0.1, -0.05) is 32.6 Å². The second-order valence-corrected chi connectivity index (χ2v) is 4.86. The van der Waals surface area contributed by atoms with Crippen LogP contribution in [0.25, 0.3) is 0 Å². The van der Waals surface area contributed by atoms with E-state index >= 15 is 0 Å². The van der Waals surface area contributed by atoms with Gasteiger partial charge in [0.25, 0.3) is 0 Å². The highest BCUT2D eigenvalue weighted by molar-refractivity contribution is 7.46. The maximum Gasteiger partial charge on any atom is 0.198 e. The molecule has 4 heteroatoms. The summed E-state index contributed by atoms with van der Waals surface area (Å²) >= 11 is 0. The topological polar surface area (TPSA) is 60.7 Å². The molecule has 0 aliphatic heterocycles. The van der Waals surface area contributed by atoms with E-state index in [1.807, 2.05) is 0 Å². The molecule has 3 N–H and O–H groups in total. The van der Waals surface area contributed by atoms with Crippen molar-refractivity contribution in [1.29, 1.82) is 0 Å². The summed E-state index contributed by atoms with van der Waals surface area (Å²) in [7, 11) is -2.21. The van der Waals surface area contributed by atoms with Gasteiger partial charge < -0.3 is 14.9 Å². The van der Waals surface area contributed by atoms with Gasteiger partial charge in [-0.2, -0.15) is 0 Å². The molecule has 0 rings (SSSR count). The molecule has 0 aliphatic carbocycles. The minimum atomic E-state index is -2.21. The highest BCUT2D eigenvalue weighted by Gasteiger charge is 2.28. The fraction of sp³-hybridized carbons (Fsp3) is 1.00. The maximum absolute atomic E-state index is 9.42. The molecule has 0 aromatic rings.